The number of benzene rings is 2. The van der Waals surface area contributed by atoms with E-state index in [0.717, 1.165) is 18.2 Å². The molecule has 0 fully saturated rings. The van der Waals surface area contributed by atoms with Crippen LogP contribution in [0, 0.1) is 17.5 Å². The number of primary amides is 2. The van der Waals surface area contributed by atoms with E-state index in [-0.39, 0.29) is 33.9 Å². The number of pyridine rings is 1. The highest BCUT2D eigenvalue weighted by atomic mass is 19.1. The minimum atomic E-state index is -1.25. The lowest BCUT2D eigenvalue weighted by Crippen LogP contribution is -2.34. The number of rotatable bonds is 5. The lowest BCUT2D eigenvalue weighted by Gasteiger charge is -2.23. The molecular weight excluding hydrogens is 497 g/mol. The first kappa shape index (κ1) is 26.3. The van der Waals surface area contributed by atoms with Gasteiger partial charge >= 0.3 is 6.03 Å². The summed E-state index contributed by atoms with van der Waals surface area (Å²) in [5.41, 5.74) is 10.0. The van der Waals surface area contributed by atoms with Crippen molar-refractivity contribution in [3.8, 4) is 22.5 Å². The number of nitrogens with two attached hydrogens (primary N) is 2. The molecule has 2 aromatic heterocycles. The maximum atomic E-state index is 15.9. The van der Waals surface area contributed by atoms with Crippen LogP contribution in [-0.4, -0.2) is 26.9 Å². The highest BCUT2D eigenvalue weighted by Crippen LogP contribution is 2.36. The fourth-order valence-corrected chi connectivity index (χ4v) is 3.75. The van der Waals surface area contributed by atoms with Gasteiger partial charge in [-0.25, -0.2) is 37.8 Å². The van der Waals surface area contributed by atoms with E-state index >= 15 is 8.78 Å². The molecule has 0 bridgehead atoms. The van der Waals surface area contributed by atoms with Crippen molar-refractivity contribution >= 4 is 23.4 Å². The number of hydrogen-bond donors (Lipinski definition) is 2. The molecule has 0 aliphatic carbocycles. The summed E-state index contributed by atoms with van der Waals surface area (Å²) >= 11 is 0. The highest BCUT2D eigenvalue weighted by Gasteiger charge is 2.28. The number of amides is 3. The minimum Gasteiger partial charge on any atom is -0.366 e. The van der Waals surface area contributed by atoms with Crippen LogP contribution in [-0.2, 0) is 5.41 Å². The van der Waals surface area contributed by atoms with Crippen molar-refractivity contribution in [3.63, 3.8) is 0 Å². The molecule has 4 aromatic rings. The molecule has 0 atom stereocenters. The van der Waals surface area contributed by atoms with E-state index in [2.05, 4.69) is 15.0 Å². The maximum Gasteiger partial charge on any atom is 0.325 e. The van der Waals surface area contributed by atoms with Gasteiger partial charge in [0.2, 0.25) is 0 Å². The molecule has 0 spiro atoms. The normalized spacial score (nSPS) is 11.3. The summed E-state index contributed by atoms with van der Waals surface area (Å²) in [4.78, 5) is 38.0. The first-order chi connectivity index (χ1) is 17.9. The molecule has 0 unspecified atom stereocenters. The molecule has 38 heavy (non-hydrogen) atoms. The second kappa shape index (κ2) is 9.92. The zero-order valence-electron chi connectivity index (χ0n) is 20.7. The molecule has 0 saturated carbocycles. The molecule has 0 aliphatic heterocycles. The van der Waals surface area contributed by atoms with Gasteiger partial charge in [0.15, 0.2) is 5.82 Å². The first-order valence-corrected chi connectivity index (χ1v) is 11.4. The molecule has 3 amide bonds. The average molecular weight is 521 g/mol. The van der Waals surface area contributed by atoms with Gasteiger partial charge in [-0.3, -0.25) is 4.79 Å². The summed E-state index contributed by atoms with van der Waals surface area (Å²) < 4.78 is 44.5. The predicted molar refractivity (Wildman–Crippen MR) is 136 cm³/mol. The largest absolute Gasteiger partial charge is 0.366 e. The SMILES string of the molecule is CC(C)(C)c1nccc(-c2ccc(F)c(N(C(N)=O)c3ccc(C(N)=O)c(-c4ccc(F)cc4)n3)c2F)n1. The summed E-state index contributed by atoms with van der Waals surface area (Å²) in [6.07, 6.45) is 1.45. The molecular formula is C27H23F3N6O2. The van der Waals surface area contributed by atoms with Crippen molar-refractivity contribution in [1.29, 1.82) is 0 Å². The topological polar surface area (TPSA) is 128 Å². The van der Waals surface area contributed by atoms with Crippen molar-refractivity contribution in [2.45, 2.75) is 26.2 Å². The van der Waals surface area contributed by atoms with E-state index in [1.165, 1.54) is 42.6 Å². The Balaban J connectivity index is 1.91. The maximum absolute atomic E-state index is 15.9. The first-order valence-electron chi connectivity index (χ1n) is 11.4. The molecule has 0 radical (unpaired) electrons. The molecule has 4 rings (SSSR count). The van der Waals surface area contributed by atoms with E-state index < -0.39 is 40.5 Å². The third-order valence-corrected chi connectivity index (χ3v) is 5.61. The van der Waals surface area contributed by atoms with Crippen molar-refractivity contribution in [1.82, 2.24) is 15.0 Å². The average Bonchev–Trinajstić information content (AvgIpc) is 2.86. The van der Waals surface area contributed by atoms with Crippen LogP contribution in [0.4, 0.5) is 29.5 Å². The zero-order chi connectivity index (χ0) is 27.8. The summed E-state index contributed by atoms with van der Waals surface area (Å²) in [6.45, 7) is 5.65. The number of hydrogen-bond acceptors (Lipinski definition) is 5. The van der Waals surface area contributed by atoms with E-state index in [4.69, 9.17) is 11.5 Å². The lowest BCUT2D eigenvalue weighted by molar-refractivity contribution is 0.100. The van der Waals surface area contributed by atoms with Crippen LogP contribution >= 0.6 is 0 Å². The van der Waals surface area contributed by atoms with Crippen LogP contribution in [0.3, 0.4) is 0 Å². The Labute approximate surface area is 216 Å². The zero-order valence-corrected chi connectivity index (χ0v) is 20.7. The number of nitrogens with zero attached hydrogens (tertiary/aromatic N) is 4. The second-order valence-electron chi connectivity index (χ2n) is 9.38. The Morgan fingerprint density at radius 3 is 2.16 bits per heavy atom. The van der Waals surface area contributed by atoms with Crippen molar-refractivity contribution in [3.05, 3.63) is 89.6 Å². The predicted octanol–water partition coefficient (Wildman–Crippen LogP) is 5.24. The Morgan fingerprint density at radius 2 is 1.55 bits per heavy atom. The Hall–Kier alpha value is -4.80. The minimum absolute atomic E-state index is 0.0381. The molecule has 4 N–H and O–H groups in total. The molecule has 8 nitrogen and oxygen atoms in total. The van der Waals surface area contributed by atoms with Crippen LogP contribution in [0.15, 0.2) is 60.8 Å². The van der Waals surface area contributed by atoms with Gasteiger partial charge < -0.3 is 11.5 Å². The van der Waals surface area contributed by atoms with Gasteiger partial charge in [-0.05, 0) is 54.6 Å². The van der Waals surface area contributed by atoms with Crippen molar-refractivity contribution in [2.24, 2.45) is 11.5 Å². The van der Waals surface area contributed by atoms with Crippen molar-refractivity contribution in [2.75, 3.05) is 4.90 Å². The molecule has 11 heteroatoms. The number of carbonyl (C=O) groups excluding carboxylic acids is 2. The van der Waals surface area contributed by atoms with Crippen molar-refractivity contribution < 1.29 is 22.8 Å². The molecule has 0 aliphatic rings. The Morgan fingerprint density at radius 1 is 0.868 bits per heavy atom. The fraction of sp³-hybridized carbons (Fsp3) is 0.148. The van der Waals surface area contributed by atoms with E-state index in [9.17, 15) is 14.0 Å². The number of carbonyl (C=O) groups is 2. The standard InChI is InChI=1S/C27H23F3N6O2/c1-27(2,3)25-33-13-12-19(34-25)16-8-10-18(29)23(21(16)30)36(26(32)38)20-11-9-17(24(31)37)22(35-20)14-4-6-15(28)7-5-14/h4-13H,1-3H3,(H2,31,37)(H2,32,38). The van der Waals surface area contributed by atoms with Crippen LogP contribution in [0.1, 0.15) is 37.0 Å². The summed E-state index contributed by atoms with van der Waals surface area (Å²) in [6, 6.07) is 9.73. The number of aromatic nitrogens is 3. The third kappa shape index (κ3) is 5.03. The van der Waals surface area contributed by atoms with E-state index in [1.807, 2.05) is 20.8 Å². The van der Waals surface area contributed by atoms with Gasteiger partial charge in [0.25, 0.3) is 5.91 Å². The van der Waals surface area contributed by atoms with Gasteiger partial charge in [-0.15, -0.1) is 0 Å². The Kier molecular flexibility index (Phi) is 6.86. The molecule has 194 valence electrons. The third-order valence-electron chi connectivity index (χ3n) is 5.61. The quantitative estimate of drug-likeness (QED) is 0.372. The highest BCUT2D eigenvalue weighted by molar-refractivity contribution is 6.02. The van der Waals surface area contributed by atoms with Crippen LogP contribution in [0.2, 0.25) is 0 Å². The monoisotopic (exact) mass is 520 g/mol. The summed E-state index contributed by atoms with van der Waals surface area (Å²) in [5.74, 6) is -3.48. The van der Waals surface area contributed by atoms with Crippen LogP contribution in [0.5, 0.6) is 0 Å². The summed E-state index contributed by atoms with van der Waals surface area (Å²) in [7, 11) is 0. The van der Waals surface area contributed by atoms with E-state index in [1.54, 1.807) is 0 Å². The van der Waals surface area contributed by atoms with Gasteiger partial charge in [0.1, 0.15) is 29.0 Å². The Bertz CT molecular complexity index is 1550. The van der Waals surface area contributed by atoms with Gasteiger partial charge in [-0.1, -0.05) is 20.8 Å². The molecule has 0 saturated heterocycles. The number of halogens is 3. The fourth-order valence-electron chi connectivity index (χ4n) is 3.75. The van der Waals surface area contributed by atoms with Gasteiger partial charge in [0.05, 0.1) is 17.0 Å². The van der Waals surface area contributed by atoms with Gasteiger partial charge in [-0.2, -0.15) is 0 Å². The summed E-state index contributed by atoms with van der Waals surface area (Å²) in [5, 5.41) is 0. The van der Waals surface area contributed by atoms with E-state index in [0.29, 0.717) is 10.7 Å². The number of anilines is 2. The molecule has 2 aromatic carbocycles. The lowest BCUT2D eigenvalue weighted by atomic mass is 9.95. The van der Waals surface area contributed by atoms with Gasteiger partial charge in [0, 0.05) is 22.7 Å². The number of urea groups is 1. The molecule has 2 heterocycles. The van der Waals surface area contributed by atoms with Crippen LogP contribution in [0.25, 0.3) is 22.5 Å². The smallest absolute Gasteiger partial charge is 0.325 e. The second-order valence-corrected chi connectivity index (χ2v) is 9.38. The van der Waals surface area contributed by atoms with Crippen LogP contribution < -0.4 is 16.4 Å².